The quantitative estimate of drug-likeness (QED) is 0.340. The highest BCUT2D eigenvalue weighted by Crippen LogP contribution is 2.35. The summed E-state index contributed by atoms with van der Waals surface area (Å²) in [5.74, 6) is 1.07. The van der Waals surface area contributed by atoms with Crippen LogP contribution in [0.2, 0.25) is 0 Å². The Hall–Kier alpha value is -4.48. The summed E-state index contributed by atoms with van der Waals surface area (Å²) in [6, 6.07) is 20.2. The number of imide groups is 1. The third kappa shape index (κ3) is 6.68. The first-order chi connectivity index (χ1) is 21.4. The first-order valence-electron chi connectivity index (χ1n) is 15.1. The SMILES string of the molecule is CONC(=O)N1C[C@@H](c2ccccc2)N(C2CCN(Cc3ccc(Oc4ccc(C(=O)NC5CC5)cc4)nc3C)CC2)C1=O. The van der Waals surface area contributed by atoms with E-state index in [9.17, 15) is 14.4 Å². The van der Waals surface area contributed by atoms with Crippen molar-refractivity contribution in [3.63, 3.8) is 0 Å². The molecule has 1 atom stereocenters. The molecule has 5 amide bonds. The number of pyridine rings is 1. The van der Waals surface area contributed by atoms with E-state index in [1.807, 2.05) is 54.3 Å². The standard InChI is InChI=1S/C33H38N6O5/c1-22-25(10-15-30(34-22)44-28-13-8-24(9-14-28)31(40)35-26-11-12-26)20-37-18-16-27(17-19-37)39-29(23-6-4-3-5-7-23)21-38(33(39)42)32(41)36-43-2/h3-10,13-15,26-27,29H,11-12,16-21H2,1-2H3,(H,35,40)(H,36,41)/t29-/m0/s1. The second kappa shape index (κ2) is 13.0. The van der Waals surface area contributed by atoms with Crippen LogP contribution >= 0.6 is 0 Å². The average molecular weight is 599 g/mol. The van der Waals surface area contributed by atoms with Crippen molar-refractivity contribution in [2.45, 2.75) is 57.3 Å². The number of nitrogens with one attached hydrogen (secondary N) is 2. The van der Waals surface area contributed by atoms with Crippen molar-refractivity contribution in [3.05, 3.63) is 89.1 Å². The number of hydrogen-bond donors (Lipinski definition) is 2. The number of nitrogens with zero attached hydrogens (tertiary/aromatic N) is 4. The molecule has 3 fully saturated rings. The van der Waals surface area contributed by atoms with Crippen molar-refractivity contribution in [2.24, 2.45) is 0 Å². The number of aromatic nitrogens is 1. The van der Waals surface area contributed by atoms with Gasteiger partial charge in [0.1, 0.15) is 5.75 Å². The molecule has 2 aliphatic heterocycles. The van der Waals surface area contributed by atoms with Gasteiger partial charge in [0.2, 0.25) is 5.88 Å². The summed E-state index contributed by atoms with van der Waals surface area (Å²) in [4.78, 5) is 53.2. The van der Waals surface area contributed by atoms with Gasteiger partial charge in [0, 0.05) is 49.0 Å². The summed E-state index contributed by atoms with van der Waals surface area (Å²) >= 11 is 0. The van der Waals surface area contributed by atoms with E-state index in [2.05, 4.69) is 20.7 Å². The molecule has 0 unspecified atom stereocenters. The number of benzene rings is 2. The number of hydroxylamine groups is 1. The van der Waals surface area contributed by atoms with Gasteiger partial charge in [0.25, 0.3) is 5.91 Å². The Morgan fingerprint density at radius 2 is 1.68 bits per heavy atom. The highest BCUT2D eigenvalue weighted by molar-refractivity contribution is 5.95. The molecule has 1 aromatic heterocycles. The van der Waals surface area contributed by atoms with E-state index in [-0.39, 0.29) is 30.6 Å². The van der Waals surface area contributed by atoms with Gasteiger partial charge in [0.15, 0.2) is 0 Å². The summed E-state index contributed by atoms with van der Waals surface area (Å²) in [5.41, 5.74) is 5.92. The van der Waals surface area contributed by atoms with Gasteiger partial charge in [-0.25, -0.2) is 25.0 Å². The van der Waals surface area contributed by atoms with Crippen LogP contribution in [0.4, 0.5) is 9.59 Å². The number of urea groups is 2. The molecule has 3 aromatic rings. The van der Waals surface area contributed by atoms with Crippen molar-refractivity contribution in [1.29, 1.82) is 0 Å². The van der Waals surface area contributed by atoms with E-state index in [1.54, 1.807) is 24.3 Å². The summed E-state index contributed by atoms with van der Waals surface area (Å²) in [5, 5.41) is 2.99. The van der Waals surface area contributed by atoms with Crippen molar-refractivity contribution < 1.29 is 24.0 Å². The average Bonchev–Trinajstić information content (AvgIpc) is 3.79. The zero-order valence-corrected chi connectivity index (χ0v) is 25.1. The first kappa shape index (κ1) is 29.6. The molecular formula is C33H38N6O5. The van der Waals surface area contributed by atoms with Crippen molar-refractivity contribution in [3.8, 4) is 11.6 Å². The molecule has 2 aromatic carbocycles. The molecule has 3 aliphatic rings. The van der Waals surface area contributed by atoms with Gasteiger partial charge < -0.3 is 15.0 Å². The van der Waals surface area contributed by atoms with E-state index in [0.29, 0.717) is 23.2 Å². The van der Waals surface area contributed by atoms with E-state index in [0.717, 1.165) is 62.1 Å². The number of rotatable bonds is 9. The predicted octanol–water partition coefficient (Wildman–Crippen LogP) is 4.79. The van der Waals surface area contributed by atoms with Crippen molar-refractivity contribution in [1.82, 2.24) is 30.5 Å². The lowest BCUT2D eigenvalue weighted by Gasteiger charge is -2.39. The van der Waals surface area contributed by atoms with E-state index in [4.69, 9.17) is 9.57 Å². The van der Waals surface area contributed by atoms with Gasteiger partial charge in [-0.05, 0) is 68.0 Å². The Labute approximate surface area is 257 Å². The van der Waals surface area contributed by atoms with Crippen LogP contribution < -0.4 is 15.5 Å². The normalized spacial score (nSPS) is 19.2. The maximum absolute atomic E-state index is 13.5. The topological polar surface area (TPSA) is 116 Å². The number of ether oxygens (including phenoxy) is 1. The fraction of sp³-hybridized carbons (Fsp3) is 0.394. The van der Waals surface area contributed by atoms with Gasteiger partial charge in [-0.2, -0.15) is 0 Å². The molecule has 0 radical (unpaired) electrons. The second-order valence-electron chi connectivity index (χ2n) is 11.6. The fourth-order valence-corrected chi connectivity index (χ4v) is 5.95. The van der Waals surface area contributed by atoms with E-state index >= 15 is 0 Å². The van der Waals surface area contributed by atoms with Gasteiger partial charge >= 0.3 is 12.1 Å². The third-order valence-electron chi connectivity index (χ3n) is 8.53. The molecule has 0 spiro atoms. The number of aryl methyl sites for hydroxylation is 1. The van der Waals surface area contributed by atoms with Gasteiger partial charge in [-0.1, -0.05) is 36.4 Å². The molecule has 11 heteroatoms. The van der Waals surface area contributed by atoms with Crippen LogP contribution in [0.5, 0.6) is 11.6 Å². The van der Waals surface area contributed by atoms with Crippen LogP contribution in [0, 0.1) is 6.92 Å². The highest BCUT2D eigenvalue weighted by Gasteiger charge is 2.45. The maximum atomic E-state index is 13.5. The van der Waals surface area contributed by atoms with E-state index in [1.165, 1.54) is 12.0 Å². The molecule has 230 valence electrons. The molecule has 1 aliphatic carbocycles. The Bertz CT molecular complexity index is 1490. The minimum Gasteiger partial charge on any atom is -0.439 e. The van der Waals surface area contributed by atoms with Crippen LogP contribution in [0.1, 0.15) is 58.9 Å². The number of hydrogen-bond acceptors (Lipinski definition) is 7. The fourth-order valence-electron chi connectivity index (χ4n) is 5.95. The smallest absolute Gasteiger partial charge is 0.349 e. The Kier molecular flexibility index (Phi) is 8.76. The minimum atomic E-state index is -0.554. The molecule has 2 N–H and O–H groups in total. The van der Waals surface area contributed by atoms with Crippen LogP contribution in [-0.4, -0.2) is 76.5 Å². The lowest BCUT2D eigenvalue weighted by molar-refractivity contribution is 0.0907. The monoisotopic (exact) mass is 598 g/mol. The first-order valence-corrected chi connectivity index (χ1v) is 15.1. The van der Waals surface area contributed by atoms with Crippen molar-refractivity contribution in [2.75, 3.05) is 26.7 Å². The lowest BCUT2D eigenvalue weighted by Crippen LogP contribution is -2.48. The lowest BCUT2D eigenvalue weighted by atomic mass is 9.98. The van der Waals surface area contributed by atoms with Crippen LogP contribution in [0.3, 0.4) is 0 Å². The summed E-state index contributed by atoms with van der Waals surface area (Å²) in [6.07, 6.45) is 3.71. The molecule has 6 rings (SSSR count). The molecule has 1 saturated carbocycles. The predicted molar refractivity (Wildman–Crippen MR) is 163 cm³/mol. The highest BCUT2D eigenvalue weighted by atomic mass is 16.6. The van der Waals surface area contributed by atoms with Crippen LogP contribution in [0.25, 0.3) is 0 Å². The molecular weight excluding hydrogens is 560 g/mol. The summed E-state index contributed by atoms with van der Waals surface area (Å²) in [7, 11) is 1.36. The van der Waals surface area contributed by atoms with Gasteiger partial charge in [-0.3, -0.25) is 14.5 Å². The number of likely N-dealkylation sites (tertiary alicyclic amines) is 1. The number of carbonyl (C=O) groups is 3. The molecule has 44 heavy (non-hydrogen) atoms. The summed E-state index contributed by atoms with van der Waals surface area (Å²) < 4.78 is 5.97. The molecule has 2 saturated heterocycles. The molecule has 3 heterocycles. The summed E-state index contributed by atoms with van der Waals surface area (Å²) in [6.45, 7) is 4.64. The van der Waals surface area contributed by atoms with Crippen molar-refractivity contribution >= 4 is 18.0 Å². The van der Waals surface area contributed by atoms with Crippen LogP contribution in [0.15, 0.2) is 66.7 Å². The largest absolute Gasteiger partial charge is 0.439 e. The molecule has 0 bridgehead atoms. The van der Waals surface area contributed by atoms with Gasteiger partial charge in [0.05, 0.1) is 19.7 Å². The Morgan fingerprint density at radius 1 is 0.955 bits per heavy atom. The van der Waals surface area contributed by atoms with Gasteiger partial charge in [-0.15, -0.1) is 0 Å². The molecule has 11 nitrogen and oxygen atoms in total. The zero-order chi connectivity index (χ0) is 30.6. The number of carbonyl (C=O) groups excluding carboxylic acids is 3. The third-order valence-corrected chi connectivity index (χ3v) is 8.53. The maximum Gasteiger partial charge on any atom is 0.349 e. The minimum absolute atomic E-state index is 0.0190. The zero-order valence-electron chi connectivity index (χ0n) is 25.1. The second-order valence-corrected chi connectivity index (χ2v) is 11.6. The Balaban J connectivity index is 1.05. The number of amides is 5. The number of piperidine rings is 1. The van der Waals surface area contributed by atoms with Crippen LogP contribution in [-0.2, 0) is 11.4 Å². The van der Waals surface area contributed by atoms with E-state index < -0.39 is 6.03 Å². The Morgan fingerprint density at radius 3 is 2.34 bits per heavy atom.